The predicted molar refractivity (Wildman–Crippen MR) is 61.1 cm³/mol. The van der Waals surface area contributed by atoms with E-state index in [1.807, 2.05) is 0 Å². The Morgan fingerprint density at radius 1 is 1.56 bits per heavy atom. The molecule has 2 aromatic heterocycles. The molecule has 1 amide bonds. The number of rotatable bonds is 3. The van der Waals surface area contributed by atoms with E-state index in [2.05, 4.69) is 20.5 Å². The normalized spacial score (nSPS) is 12.2. The highest BCUT2D eigenvalue weighted by molar-refractivity contribution is 5.94. The number of aromatic nitrogens is 4. The fourth-order valence-corrected chi connectivity index (χ4v) is 1.58. The van der Waals surface area contributed by atoms with Gasteiger partial charge in [0.05, 0.1) is 17.8 Å². The quantitative estimate of drug-likeness (QED) is 0.874. The van der Waals surface area contributed by atoms with Crippen LogP contribution in [0, 0.1) is 5.82 Å². The van der Waals surface area contributed by atoms with Crippen LogP contribution in [0.2, 0.25) is 0 Å². The number of aryl methyl sites for hydroxylation is 1. The van der Waals surface area contributed by atoms with Crippen molar-refractivity contribution in [1.29, 1.82) is 0 Å². The van der Waals surface area contributed by atoms with Crippen LogP contribution in [-0.4, -0.2) is 25.7 Å². The zero-order valence-electron chi connectivity index (χ0n) is 9.96. The van der Waals surface area contributed by atoms with Crippen LogP contribution in [-0.2, 0) is 7.05 Å². The van der Waals surface area contributed by atoms with Gasteiger partial charge >= 0.3 is 0 Å². The Morgan fingerprint density at radius 3 is 2.94 bits per heavy atom. The first-order valence-corrected chi connectivity index (χ1v) is 5.34. The van der Waals surface area contributed by atoms with E-state index < -0.39 is 11.7 Å². The van der Waals surface area contributed by atoms with Crippen molar-refractivity contribution in [3.05, 3.63) is 42.0 Å². The van der Waals surface area contributed by atoms with E-state index in [1.54, 1.807) is 18.5 Å². The lowest BCUT2D eigenvalue weighted by atomic mass is 10.2. The largest absolute Gasteiger partial charge is 0.342 e. The molecular formula is C11H12FN5O. The van der Waals surface area contributed by atoms with Crippen molar-refractivity contribution in [3.8, 4) is 0 Å². The van der Waals surface area contributed by atoms with Gasteiger partial charge < -0.3 is 9.88 Å². The summed E-state index contributed by atoms with van der Waals surface area (Å²) in [6.45, 7) is 1.75. The van der Waals surface area contributed by atoms with Crippen LogP contribution < -0.4 is 5.32 Å². The monoisotopic (exact) mass is 249 g/mol. The number of amides is 1. The van der Waals surface area contributed by atoms with Crippen LogP contribution in [0.25, 0.3) is 0 Å². The maximum atomic E-state index is 13.4. The molecule has 2 rings (SSSR count). The third kappa shape index (κ3) is 2.34. The maximum absolute atomic E-state index is 13.4. The molecule has 6 nitrogen and oxygen atoms in total. The summed E-state index contributed by atoms with van der Waals surface area (Å²) in [4.78, 5) is 15.4. The third-order valence-corrected chi connectivity index (χ3v) is 2.50. The predicted octanol–water partition coefficient (Wildman–Crippen LogP) is 0.840. The molecular weight excluding hydrogens is 237 g/mol. The molecule has 1 unspecified atom stereocenters. The van der Waals surface area contributed by atoms with Crippen molar-refractivity contribution in [2.24, 2.45) is 7.05 Å². The average molecular weight is 249 g/mol. The molecule has 0 aromatic carbocycles. The Labute approximate surface area is 103 Å². The second-order valence-electron chi connectivity index (χ2n) is 3.85. The standard InChI is InChI=1S/C11H12FN5O/c1-7(10-16-14-6-17(10)2)15-11(18)8-3-4-13-5-9(8)12/h3-7H,1-2H3,(H,15,18). The molecule has 0 spiro atoms. The molecule has 7 heteroatoms. The molecule has 1 N–H and O–H groups in total. The van der Waals surface area contributed by atoms with Gasteiger partial charge in [-0.1, -0.05) is 0 Å². The van der Waals surface area contributed by atoms with E-state index in [9.17, 15) is 9.18 Å². The van der Waals surface area contributed by atoms with Crippen molar-refractivity contribution in [1.82, 2.24) is 25.1 Å². The van der Waals surface area contributed by atoms with Crippen LogP contribution in [0.15, 0.2) is 24.8 Å². The van der Waals surface area contributed by atoms with Crippen molar-refractivity contribution < 1.29 is 9.18 Å². The molecule has 0 radical (unpaired) electrons. The fraction of sp³-hybridized carbons (Fsp3) is 0.273. The molecule has 0 bridgehead atoms. The SMILES string of the molecule is CC(NC(=O)c1ccncc1F)c1nncn1C. The van der Waals surface area contributed by atoms with Gasteiger partial charge in [-0.15, -0.1) is 10.2 Å². The number of nitrogens with zero attached hydrogens (tertiary/aromatic N) is 4. The van der Waals surface area contributed by atoms with Gasteiger partial charge in [-0.2, -0.15) is 0 Å². The van der Waals surface area contributed by atoms with E-state index in [0.29, 0.717) is 5.82 Å². The summed E-state index contributed by atoms with van der Waals surface area (Å²) in [5.74, 6) is -0.566. The zero-order chi connectivity index (χ0) is 13.1. The minimum Gasteiger partial charge on any atom is -0.342 e. The topological polar surface area (TPSA) is 72.7 Å². The summed E-state index contributed by atoms with van der Waals surface area (Å²) in [6.07, 6.45) is 3.90. The van der Waals surface area contributed by atoms with Gasteiger partial charge in [-0.3, -0.25) is 9.78 Å². The summed E-state index contributed by atoms with van der Waals surface area (Å²) in [5, 5.41) is 10.2. The van der Waals surface area contributed by atoms with E-state index >= 15 is 0 Å². The first-order valence-electron chi connectivity index (χ1n) is 5.34. The summed E-state index contributed by atoms with van der Waals surface area (Å²) in [6, 6.07) is 0.964. The first kappa shape index (κ1) is 12.2. The number of carbonyl (C=O) groups excluding carboxylic acids is 1. The molecule has 0 fully saturated rings. The zero-order valence-corrected chi connectivity index (χ0v) is 9.96. The van der Waals surface area contributed by atoms with Gasteiger partial charge in [0.25, 0.3) is 5.91 Å². The molecule has 1 atom stereocenters. The number of hydrogen-bond donors (Lipinski definition) is 1. The van der Waals surface area contributed by atoms with Gasteiger partial charge in [0.15, 0.2) is 11.6 Å². The Balaban J connectivity index is 2.13. The number of hydrogen-bond acceptors (Lipinski definition) is 4. The lowest BCUT2D eigenvalue weighted by molar-refractivity contribution is 0.0933. The third-order valence-electron chi connectivity index (χ3n) is 2.50. The van der Waals surface area contributed by atoms with E-state index in [0.717, 1.165) is 6.20 Å². The second-order valence-corrected chi connectivity index (χ2v) is 3.85. The maximum Gasteiger partial charge on any atom is 0.254 e. The average Bonchev–Trinajstić information content (AvgIpc) is 2.76. The number of carbonyl (C=O) groups is 1. The highest BCUT2D eigenvalue weighted by Gasteiger charge is 2.17. The van der Waals surface area contributed by atoms with Crippen molar-refractivity contribution in [2.45, 2.75) is 13.0 Å². The summed E-state index contributed by atoms with van der Waals surface area (Å²) < 4.78 is 15.0. The van der Waals surface area contributed by atoms with E-state index in [1.165, 1.54) is 18.6 Å². The molecule has 2 aromatic rings. The molecule has 0 saturated heterocycles. The van der Waals surface area contributed by atoms with Crippen molar-refractivity contribution in [2.75, 3.05) is 0 Å². The van der Waals surface area contributed by atoms with Crippen LogP contribution in [0.4, 0.5) is 4.39 Å². The van der Waals surface area contributed by atoms with E-state index in [-0.39, 0.29) is 11.6 Å². The smallest absolute Gasteiger partial charge is 0.254 e. The number of pyridine rings is 1. The van der Waals surface area contributed by atoms with Gasteiger partial charge in [-0.05, 0) is 13.0 Å². The molecule has 2 heterocycles. The lowest BCUT2D eigenvalue weighted by Gasteiger charge is -2.13. The molecule has 0 aliphatic carbocycles. The lowest BCUT2D eigenvalue weighted by Crippen LogP contribution is -2.29. The molecule has 94 valence electrons. The number of halogens is 1. The van der Waals surface area contributed by atoms with Crippen LogP contribution in [0.1, 0.15) is 29.1 Å². The summed E-state index contributed by atoms with van der Waals surface area (Å²) in [5.41, 5.74) is -0.0426. The Morgan fingerprint density at radius 2 is 2.33 bits per heavy atom. The Hall–Kier alpha value is -2.31. The Bertz CT molecular complexity index is 568. The van der Waals surface area contributed by atoms with Crippen LogP contribution >= 0.6 is 0 Å². The molecule has 18 heavy (non-hydrogen) atoms. The van der Waals surface area contributed by atoms with Crippen LogP contribution in [0.5, 0.6) is 0 Å². The summed E-state index contributed by atoms with van der Waals surface area (Å²) >= 11 is 0. The summed E-state index contributed by atoms with van der Waals surface area (Å²) in [7, 11) is 1.77. The van der Waals surface area contributed by atoms with E-state index in [4.69, 9.17) is 0 Å². The van der Waals surface area contributed by atoms with Gasteiger partial charge in [0.2, 0.25) is 0 Å². The van der Waals surface area contributed by atoms with Gasteiger partial charge in [0, 0.05) is 13.2 Å². The van der Waals surface area contributed by atoms with Crippen LogP contribution in [0.3, 0.4) is 0 Å². The molecule has 0 aliphatic rings. The minimum absolute atomic E-state index is 0.0426. The number of nitrogens with one attached hydrogen (secondary N) is 1. The van der Waals surface area contributed by atoms with Crippen molar-refractivity contribution in [3.63, 3.8) is 0 Å². The second kappa shape index (κ2) is 4.91. The van der Waals surface area contributed by atoms with Gasteiger partial charge in [0.1, 0.15) is 6.33 Å². The highest BCUT2D eigenvalue weighted by Crippen LogP contribution is 2.10. The minimum atomic E-state index is -0.653. The van der Waals surface area contributed by atoms with Crippen molar-refractivity contribution >= 4 is 5.91 Å². The fourth-order valence-electron chi connectivity index (χ4n) is 1.58. The van der Waals surface area contributed by atoms with Gasteiger partial charge in [-0.25, -0.2) is 4.39 Å². The Kier molecular flexibility index (Phi) is 3.31. The first-order chi connectivity index (χ1) is 8.59. The molecule has 0 saturated carbocycles. The molecule has 0 aliphatic heterocycles. The highest BCUT2D eigenvalue weighted by atomic mass is 19.1.